The fraction of sp³-hybridized carbons (Fsp3) is 0.111. The van der Waals surface area contributed by atoms with Crippen LogP contribution >= 0.6 is 8.58 Å². The molecule has 0 saturated heterocycles. The van der Waals surface area contributed by atoms with Crippen molar-refractivity contribution in [1.82, 2.24) is 0 Å². The van der Waals surface area contributed by atoms with Crippen LogP contribution in [0.5, 0.6) is 0 Å². The van der Waals surface area contributed by atoms with E-state index < -0.39 is 0 Å². The summed E-state index contributed by atoms with van der Waals surface area (Å²) in [5, 5.41) is 0. The van der Waals surface area contributed by atoms with Gasteiger partial charge in [-0.2, -0.15) is 0 Å². The molecule has 0 saturated carbocycles. The molecule has 0 fully saturated rings. The number of hydrogen-bond donors (Lipinski definition) is 0. The molecule has 0 aliphatic carbocycles. The van der Waals surface area contributed by atoms with E-state index in [-0.39, 0.29) is 0 Å². The van der Waals surface area contributed by atoms with Gasteiger partial charge in [0.2, 0.25) is 0 Å². The molecule has 10 heavy (non-hydrogen) atoms. The molecular formula is C9H12P+. The van der Waals surface area contributed by atoms with E-state index in [9.17, 15) is 0 Å². The van der Waals surface area contributed by atoms with E-state index in [1.54, 1.807) is 0 Å². The highest BCUT2D eigenvalue weighted by atomic mass is 31.1. The molecular weight excluding hydrogens is 139 g/mol. The van der Waals surface area contributed by atoms with Gasteiger partial charge in [0.1, 0.15) is 0 Å². The van der Waals surface area contributed by atoms with Gasteiger partial charge in [0.25, 0.3) is 0 Å². The summed E-state index contributed by atoms with van der Waals surface area (Å²) >= 11 is 0. The molecule has 1 aromatic rings. The molecule has 0 bridgehead atoms. The van der Waals surface area contributed by atoms with Gasteiger partial charge in [-0.15, -0.1) is 0 Å². The van der Waals surface area contributed by atoms with Crippen LogP contribution in [0.2, 0.25) is 0 Å². The number of benzene rings is 1. The van der Waals surface area contributed by atoms with Gasteiger partial charge < -0.3 is 0 Å². The van der Waals surface area contributed by atoms with Crippen LogP contribution in [0.3, 0.4) is 0 Å². The summed E-state index contributed by atoms with van der Waals surface area (Å²) in [6.07, 6.45) is 1.20. The van der Waals surface area contributed by atoms with Crippen LogP contribution in [0.4, 0.5) is 0 Å². The monoisotopic (exact) mass is 151 g/mol. The van der Waals surface area contributed by atoms with Crippen LogP contribution in [-0.4, -0.2) is 0 Å². The molecule has 1 aromatic carbocycles. The second-order valence-electron chi connectivity index (χ2n) is 2.16. The zero-order chi connectivity index (χ0) is 7.23. The average molecular weight is 151 g/mol. The Morgan fingerprint density at radius 2 is 2.00 bits per heavy atom. The van der Waals surface area contributed by atoms with E-state index in [0.29, 0.717) is 8.58 Å². The largest absolute Gasteiger partial charge is 0.0838 e. The van der Waals surface area contributed by atoms with Crippen molar-refractivity contribution in [2.75, 3.05) is 0 Å². The molecule has 52 valence electrons. The summed E-state index contributed by atoms with van der Waals surface area (Å²) in [6, 6.07) is 10.5. The summed E-state index contributed by atoms with van der Waals surface area (Å²) in [4.78, 5) is 0. The van der Waals surface area contributed by atoms with Gasteiger partial charge >= 0.3 is 0 Å². The van der Waals surface area contributed by atoms with Crippen molar-refractivity contribution in [2.45, 2.75) is 6.16 Å². The molecule has 0 aliphatic heterocycles. The first kappa shape index (κ1) is 7.50. The Morgan fingerprint density at radius 1 is 1.30 bits per heavy atom. The minimum atomic E-state index is 0.422. The van der Waals surface area contributed by atoms with Gasteiger partial charge in [0.05, 0.1) is 6.16 Å². The Morgan fingerprint density at radius 3 is 2.60 bits per heavy atom. The number of rotatable bonds is 3. The Hall–Kier alpha value is -0.610. The molecule has 0 heterocycles. The summed E-state index contributed by atoms with van der Waals surface area (Å²) in [6.45, 7) is 3.71. The second kappa shape index (κ2) is 4.24. The maximum absolute atomic E-state index is 3.71. The van der Waals surface area contributed by atoms with Crippen LogP contribution in [0.1, 0.15) is 5.56 Å². The smallest absolute Gasteiger partial charge is 0.0643 e. The van der Waals surface area contributed by atoms with Gasteiger partial charge in [-0.3, -0.25) is 0 Å². The van der Waals surface area contributed by atoms with Crippen molar-refractivity contribution in [3.63, 3.8) is 0 Å². The highest BCUT2D eigenvalue weighted by Gasteiger charge is 1.90. The van der Waals surface area contributed by atoms with Crippen molar-refractivity contribution >= 4 is 8.58 Å². The van der Waals surface area contributed by atoms with Crippen molar-refractivity contribution in [1.29, 1.82) is 0 Å². The second-order valence-corrected chi connectivity index (χ2v) is 3.51. The molecule has 1 atom stereocenters. The summed E-state index contributed by atoms with van der Waals surface area (Å²) in [5.41, 5.74) is 1.43. The Kier molecular flexibility index (Phi) is 3.18. The summed E-state index contributed by atoms with van der Waals surface area (Å²) in [7, 11) is 0.422. The van der Waals surface area contributed by atoms with E-state index in [1.807, 2.05) is 11.9 Å². The lowest BCUT2D eigenvalue weighted by Crippen LogP contribution is -1.73. The Labute approximate surface area is 63.8 Å². The van der Waals surface area contributed by atoms with Crippen LogP contribution in [0.15, 0.2) is 42.7 Å². The van der Waals surface area contributed by atoms with Crippen LogP contribution in [-0.2, 0) is 6.16 Å². The SMILES string of the molecule is C=C[PH2+]Cc1ccccc1. The molecule has 0 aliphatic rings. The predicted molar refractivity (Wildman–Crippen MR) is 50.1 cm³/mol. The minimum Gasteiger partial charge on any atom is -0.0643 e. The van der Waals surface area contributed by atoms with Gasteiger partial charge in [-0.05, 0) is 5.56 Å². The summed E-state index contributed by atoms with van der Waals surface area (Å²) in [5.74, 6) is 2.03. The fourth-order valence-corrected chi connectivity index (χ4v) is 1.54. The normalized spacial score (nSPS) is 10.4. The lowest BCUT2D eigenvalue weighted by Gasteiger charge is -1.90. The maximum atomic E-state index is 3.71. The molecule has 1 rings (SSSR count). The molecule has 0 nitrogen and oxygen atoms in total. The van der Waals surface area contributed by atoms with E-state index in [1.165, 1.54) is 11.7 Å². The average Bonchev–Trinajstić information content (AvgIpc) is 2.03. The highest BCUT2D eigenvalue weighted by molar-refractivity contribution is 7.40. The maximum Gasteiger partial charge on any atom is 0.0838 e. The Balaban J connectivity index is 2.50. The van der Waals surface area contributed by atoms with Crippen LogP contribution in [0.25, 0.3) is 0 Å². The summed E-state index contributed by atoms with van der Waals surface area (Å²) < 4.78 is 0. The third-order valence-electron chi connectivity index (χ3n) is 1.36. The van der Waals surface area contributed by atoms with Crippen molar-refractivity contribution < 1.29 is 0 Å². The zero-order valence-corrected chi connectivity index (χ0v) is 7.11. The first-order chi connectivity index (χ1) is 4.93. The van der Waals surface area contributed by atoms with Crippen molar-refractivity contribution in [2.24, 2.45) is 0 Å². The number of hydrogen-bond acceptors (Lipinski definition) is 0. The van der Waals surface area contributed by atoms with Gasteiger partial charge in [-0.25, -0.2) is 0 Å². The fourth-order valence-electron chi connectivity index (χ4n) is 0.834. The minimum absolute atomic E-state index is 0.422. The van der Waals surface area contributed by atoms with E-state index >= 15 is 0 Å². The zero-order valence-electron chi connectivity index (χ0n) is 5.96. The predicted octanol–water partition coefficient (Wildman–Crippen LogP) is 2.74. The quantitative estimate of drug-likeness (QED) is 0.582. The topological polar surface area (TPSA) is 0 Å². The first-order valence-corrected chi connectivity index (χ1v) is 4.90. The lowest BCUT2D eigenvalue weighted by atomic mass is 10.2. The van der Waals surface area contributed by atoms with E-state index in [4.69, 9.17) is 0 Å². The van der Waals surface area contributed by atoms with Crippen LogP contribution < -0.4 is 0 Å². The first-order valence-electron chi connectivity index (χ1n) is 3.41. The highest BCUT2D eigenvalue weighted by Crippen LogP contribution is 2.17. The third-order valence-corrected chi connectivity index (χ3v) is 2.40. The molecule has 0 N–H and O–H groups in total. The van der Waals surface area contributed by atoms with Crippen molar-refractivity contribution in [3.8, 4) is 0 Å². The van der Waals surface area contributed by atoms with Crippen molar-refractivity contribution in [3.05, 3.63) is 48.3 Å². The Bertz CT molecular complexity index is 191. The van der Waals surface area contributed by atoms with Crippen LogP contribution in [0, 0.1) is 0 Å². The molecule has 1 heteroatoms. The standard InChI is InChI=1S/C9H11P/c1-2-10-8-9-6-4-3-5-7-9/h2-7,10H,1,8H2/p+1. The lowest BCUT2D eigenvalue weighted by molar-refractivity contribution is 1.41. The molecule has 0 aromatic heterocycles. The molecule has 0 amide bonds. The van der Waals surface area contributed by atoms with E-state index in [2.05, 4.69) is 30.8 Å². The third kappa shape index (κ3) is 2.33. The molecule has 0 spiro atoms. The van der Waals surface area contributed by atoms with Gasteiger partial charge in [0, 0.05) is 14.4 Å². The molecule has 0 radical (unpaired) electrons. The van der Waals surface area contributed by atoms with Gasteiger partial charge in [-0.1, -0.05) is 36.9 Å². The van der Waals surface area contributed by atoms with E-state index in [0.717, 1.165) is 0 Å². The molecule has 1 unspecified atom stereocenters. The van der Waals surface area contributed by atoms with Gasteiger partial charge in [0.15, 0.2) is 0 Å².